The van der Waals surface area contributed by atoms with Gasteiger partial charge in [-0.2, -0.15) is 11.3 Å². The summed E-state index contributed by atoms with van der Waals surface area (Å²) in [5.41, 5.74) is 1.71. The van der Waals surface area contributed by atoms with Gasteiger partial charge in [0, 0.05) is 11.6 Å². The zero-order chi connectivity index (χ0) is 13.9. The molecule has 0 bridgehead atoms. The standard InChI is InChI=1S/C13H14ClNO2S2/c1-10-12(14)3-2-4-13(10)19(16,17)15-7-5-11-6-8-18-9-11/h2-4,6,8-9,15H,5,7H2,1H3. The average molecular weight is 316 g/mol. The van der Waals surface area contributed by atoms with Crippen LogP contribution in [-0.4, -0.2) is 15.0 Å². The molecule has 1 aromatic heterocycles. The van der Waals surface area contributed by atoms with Crippen LogP contribution in [0.2, 0.25) is 5.02 Å². The van der Waals surface area contributed by atoms with Crippen LogP contribution in [0.4, 0.5) is 0 Å². The van der Waals surface area contributed by atoms with Crippen molar-refractivity contribution in [2.75, 3.05) is 6.54 Å². The van der Waals surface area contributed by atoms with Crippen LogP contribution in [0.25, 0.3) is 0 Å². The maximum absolute atomic E-state index is 12.2. The van der Waals surface area contributed by atoms with E-state index in [4.69, 9.17) is 11.6 Å². The molecule has 0 saturated heterocycles. The second kappa shape index (κ2) is 6.05. The first-order valence-corrected chi connectivity index (χ1v) is 8.57. The number of thiophene rings is 1. The van der Waals surface area contributed by atoms with Gasteiger partial charge < -0.3 is 0 Å². The Kier molecular flexibility index (Phi) is 4.62. The summed E-state index contributed by atoms with van der Waals surface area (Å²) in [6.45, 7) is 2.08. The van der Waals surface area contributed by atoms with Crippen molar-refractivity contribution in [3.8, 4) is 0 Å². The summed E-state index contributed by atoms with van der Waals surface area (Å²) >= 11 is 7.55. The number of hydrogen-bond acceptors (Lipinski definition) is 3. The first kappa shape index (κ1) is 14.5. The normalized spacial score (nSPS) is 11.7. The first-order valence-electron chi connectivity index (χ1n) is 5.76. The predicted octanol–water partition coefficient (Wildman–Crippen LogP) is 3.23. The number of benzene rings is 1. The van der Waals surface area contributed by atoms with Gasteiger partial charge in [-0.15, -0.1) is 0 Å². The van der Waals surface area contributed by atoms with Crippen molar-refractivity contribution in [3.63, 3.8) is 0 Å². The Hall–Kier alpha value is -0.880. The molecule has 0 saturated carbocycles. The SMILES string of the molecule is Cc1c(Cl)cccc1S(=O)(=O)NCCc1ccsc1. The smallest absolute Gasteiger partial charge is 0.211 e. The fourth-order valence-electron chi connectivity index (χ4n) is 1.72. The van der Waals surface area contributed by atoms with Crippen LogP contribution in [0.3, 0.4) is 0 Å². The Bertz CT molecular complexity index is 651. The van der Waals surface area contributed by atoms with E-state index in [1.54, 1.807) is 36.5 Å². The van der Waals surface area contributed by atoms with E-state index in [1.807, 2.05) is 16.8 Å². The lowest BCUT2D eigenvalue weighted by atomic mass is 10.2. The Morgan fingerprint density at radius 2 is 2.11 bits per heavy atom. The molecule has 6 heteroatoms. The third-order valence-corrected chi connectivity index (χ3v) is 5.54. The highest BCUT2D eigenvalue weighted by molar-refractivity contribution is 7.89. The monoisotopic (exact) mass is 315 g/mol. The van der Waals surface area contributed by atoms with Crippen LogP contribution >= 0.6 is 22.9 Å². The van der Waals surface area contributed by atoms with Crippen LogP contribution < -0.4 is 4.72 Å². The molecule has 2 aromatic rings. The van der Waals surface area contributed by atoms with Gasteiger partial charge in [0.1, 0.15) is 0 Å². The van der Waals surface area contributed by atoms with Crippen LogP contribution in [0, 0.1) is 6.92 Å². The topological polar surface area (TPSA) is 46.2 Å². The summed E-state index contributed by atoms with van der Waals surface area (Å²) in [7, 11) is -3.50. The second-order valence-electron chi connectivity index (χ2n) is 4.14. The fourth-order valence-corrected chi connectivity index (χ4v) is 3.95. The molecule has 1 aromatic carbocycles. The van der Waals surface area contributed by atoms with E-state index >= 15 is 0 Å². The Labute approximate surface area is 122 Å². The van der Waals surface area contributed by atoms with E-state index in [9.17, 15) is 8.42 Å². The first-order chi connectivity index (χ1) is 9.00. The van der Waals surface area contributed by atoms with Gasteiger partial charge in [0.25, 0.3) is 0 Å². The molecule has 0 fully saturated rings. The van der Waals surface area contributed by atoms with Crippen molar-refractivity contribution in [3.05, 3.63) is 51.2 Å². The lowest BCUT2D eigenvalue weighted by Crippen LogP contribution is -2.26. The maximum atomic E-state index is 12.2. The lowest BCUT2D eigenvalue weighted by molar-refractivity contribution is 0.581. The van der Waals surface area contributed by atoms with E-state index < -0.39 is 10.0 Å². The minimum Gasteiger partial charge on any atom is -0.211 e. The molecule has 0 aliphatic heterocycles. The summed E-state index contributed by atoms with van der Waals surface area (Å²) in [5, 5.41) is 4.45. The molecule has 2 rings (SSSR count). The summed E-state index contributed by atoms with van der Waals surface area (Å²) < 4.78 is 26.9. The van der Waals surface area contributed by atoms with Crippen LogP contribution in [0.1, 0.15) is 11.1 Å². The maximum Gasteiger partial charge on any atom is 0.240 e. The van der Waals surface area contributed by atoms with Gasteiger partial charge in [-0.05, 0) is 53.4 Å². The molecule has 0 amide bonds. The fraction of sp³-hybridized carbons (Fsp3) is 0.231. The second-order valence-corrected chi connectivity index (χ2v) is 7.06. The Morgan fingerprint density at radius 1 is 1.32 bits per heavy atom. The number of rotatable bonds is 5. The minimum atomic E-state index is -3.50. The lowest BCUT2D eigenvalue weighted by Gasteiger charge is -2.09. The highest BCUT2D eigenvalue weighted by Gasteiger charge is 2.17. The van der Waals surface area contributed by atoms with Gasteiger partial charge in [-0.1, -0.05) is 17.7 Å². The number of sulfonamides is 1. The van der Waals surface area contributed by atoms with Gasteiger partial charge in [0.05, 0.1) is 4.90 Å². The molecular weight excluding hydrogens is 302 g/mol. The molecule has 0 spiro atoms. The minimum absolute atomic E-state index is 0.241. The van der Waals surface area contributed by atoms with E-state index in [0.29, 0.717) is 23.6 Å². The molecule has 0 aliphatic carbocycles. The summed E-state index contributed by atoms with van der Waals surface area (Å²) in [6.07, 6.45) is 0.683. The zero-order valence-electron chi connectivity index (χ0n) is 10.4. The van der Waals surface area contributed by atoms with E-state index in [1.165, 1.54) is 0 Å². The molecule has 0 unspecified atom stereocenters. The van der Waals surface area contributed by atoms with Gasteiger partial charge in [0.15, 0.2) is 0 Å². The molecule has 19 heavy (non-hydrogen) atoms. The molecule has 0 aliphatic rings. The number of halogens is 1. The molecule has 0 atom stereocenters. The highest BCUT2D eigenvalue weighted by Crippen LogP contribution is 2.22. The van der Waals surface area contributed by atoms with E-state index in [0.717, 1.165) is 5.56 Å². The van der Waals surface area contributed by atoms with Gasteiger partial charge in [-0.3, -0.25) is 0 Å². The van der Waals surface area contributed by atoms with Crippen molar-refractivity contribution in [1.82, 2.24) is 4.72 Å². The van der Waals surface area contributed by atoms with Crippen molar-refractivity contribution in [2.45, 2.75) is 18.2 Å². The van der Waals surface area contributed by atoms with Crippen molar-refractivity contribution in [2.24, 2.45) is 0 Å². The summed E-state index contributed by atoms with van der Waals surface area (Å²) in [6, 6.07) is 6.88. The number of nitrogens with one attached hydrogen (secondary N) is 1. The van der Waals surface area contributed by atoms with Gasteiger partial charge in [-0.25, -0.2) is 13.1 Å². The van der Waals surface area contributed by atoms with Crippen molar-refractivity contribution >= 4 is 33.0 Å². The van der Waals surface area contributed by atoms with E-state index in [2.05, 4.69) is 4.72 Å². The molecule has 1 N–H and O–H groups in total. The van der Waals surface area contributed by atoms with Crippen LogP contribution in [0.5, 0.6) is 0 Å². The molecule has 3 nitrogen and oxygen atoms in total. The molecule has 1 heterocycles. The zero-order valence-corrected chi connectivity index (χ0v) is 12.8. The molecule has 0 radical (unpaired) electrons. The van der Waals surface area contributed by atoms with E-state index in [-0.39, 0.29) is 4.90 Å². The van der Waals surface area contributed by atoms with Gasteiger partial charge in [0.2, 0.25) is 10.0 Å². The summed E-state index contributed by atoms with van der Waals surface area (Å²) in [4.78, 5) is 0.241. The largest absolute Gasteiger partial charge is 0.240 e. The molecule has 102 valence electrons. The van der Waals surface area contributed by atoms with Crippen molar-refractivity contribution < 1.29 is 8.42 Å². The third-order valence-electron chi connectivity index (χ3n) is 2.79. The average Bonchev–Trinajstić information content (AvgIpc) is 2.85. The number of hydrogen-bond donors (Lipinski definition) is 1. The highest BCUT2D eigenvalue weighted by atomic mass is 35.5. The Morgan fingerprint density at radius 3 is 2.79 bits per heavy atom. The summed E-state index contributed by atoms with van der Waals surface area (Å²) in [5.74, 6) is 0. The predicted molar refractivity (Wildman–Crippen MR) is 79.4 cm³/mol. The van der Waals surface area contributed by atoms with Crippen LogP contribution in [-0.2, 0) is 16.4 Å². The van der Waals surface area contributed by atoms with Gasteiger partial charge >= 0.3 is 0 Å². The Balaban J connectivity index is 2.08. The van der Waals surface area contributed by atoms with Crippen molar-refractivity contribution in [1.29, 1.82) is 0 Å². The third kappa shape index (κ3) is 3.57. The molecular formula is C13H14ClNO2S2. The quantitative estimate of drug-likeness (QED) is 0.920. The van der Waals surface area contributed by atoms with Crippen LogP contribution in [0.15, 0.2) is 39.9 Å².